The first-order chi connectivity index (χ1) is 8.05. The molecule has 0 aliphatic carbocycles. The predicted octanol–water partition coefficient (Wildman–Crippen LogP) is 3.73. The van der Waals surface area contributed by atoms with Crippen LogP contribution in [0.4, 0.5) is 0 Å². The molecular weight excluding hydrogens is 212 g/mol. The van der Waals surface area contributed by atoms with Crippen molar-refractivity contribution in [3.8, 4) is 5.75 Å². The smallest absolute Gasteiger partial charge is 0.173 e. The number of Topliss-reactive ketones (excluding diaryl/α,β-unsaturated/α-hetero) is 1. The molecule has 0 fully saturated rings. The van der Waals surface area contributed by atoms with Crippen LogP contribution in [0.25, 0.3) is 0 Å². The van der Waals surface area contributed by atoms with E-state index in [1.54, 1.807) is 30.4 Å². The van der Waals surface area contributed by atoms with Crippen molar-refractivity contribution in [2.24, 2.45) is 5.41 Å². The van der Waals surface area contributed by atoms with Crippen molar-refractivity contribution in [3.63, 3.8) is 0 Å². The van der Waals surface area contributed by atoms with Crippen LogP contribution in [0.1, 0.15) is 30.1 Å². The molecule has 0 atom stereocenters. The van der Waals surface area contributed by atoms with Crippen molar-refractivity contribution >= 4 is 5.78 Å². The average Bonchev–Trinajstić information content (AvgIpc) is 2.29. The van der Waals surface area contributed by atoms with E-state index in [1.165, 1.54) is 6.07 Å². The molecule has 0 aliphatic heterocycles. The molecule has 0 amide bonds. The highest BCUT2D eigenvalue weighted by atomic mass is 16.3. The van der Waals surface area contributed by atoms with Gasteiger partial charge in [0.05, 0.1) is 5.56 Å². The lowest BCUT2D eigenvalue weighted by atomic mass is 9.76. The van der Waals surface area contributed by atoms with Crippen molar-refractivity contribution in [1.29, 1.82) is 0 Å². The van der Waals surface area contributed by atoms with E-state index in [4.69, 9.17) is 0 Å². The predicted molar refractivity (Wildman–Crippen MR) is 70.2 cm³/mol. The maximum Gasteiger partial charge on any atom is 0.173 e. The molecule has 0 saturated heterocycles. The van der Waals surface area contributed by atoms with E-state index in [1.807, 2.05) is 6.92 Å². The van der Waals surface area contributed by atoms with Crippen LogP contribution in [0.5, 0.6) is 5.75 Å². The number of aromatic hydroxyl groups is 1. The summed E-state index contributed by atoms with van der Waals surface area (Å²) < 4.78 is 0. The molecule has 0 aliphatic rings. The summed E-state index contributed by atoms with van der Waals surface area (Å²) in [6.07, 6.45) is 4.57. The first-order valence-electron chi connectivity index (χ1n) is 5.60. The van der Waals surface area contributed by atoms with Gasteiger partial charge in [-0.15, -0.1) is 13.2 Å². The minimum absolute atomic E-state index is 0.0249. The molecular formula is C15H18O2. The van der Waals surface area contributed by atoms with Gasteiger partial charge in [-0.3, -0.25) is 4.79 Å². The van der Waals surface area contributed by atoms with Crippen LogP contribution >= 0.6 is 0 Å². The fourth-order valence-corrected chi connectivity index (χ4v) is 1.90. The standard InChI is InChI=1S/C15H18O2/c1-4-10-15(3,11-5-2)14(17)12-8-6-7-9-13(12)16/h4-9,16H,1-2,10-11H2,3H3. The minimum atomic E-state index is -0.581. The molecule has 0 radical (unpaired) electrons. The first kappa shape index (κ1) is 13.2. The molecule has 0 aromatic heterocycles. The van der Waals surface area contributed by atoms with Gasteiger partial charge in [0.25, 0.3) is 0 Å². The van der Waals surface area contributed by atoms with Crippen LogP contribution in [-0.4, -0.2) is 10.9 Å². The van der Waals surface area contributed by atoms with E-state index in [0.29, 0.717) is 18.4 Å². The Balaban J connectivity index is 3.12. The number of para-hydroxylation sites is 1. The van der Waals surface area contributed by atoms with Crippen molar-refractivity contribution in [2.45, 2.75) is 19.8 Å². The van der Waals surface area contributed by atoms with Gasteiger partial charge in [-0.2, -0.15) is 0 Å². The first-order valence-corrected chi connectivity index (χ1v) is 5.60. The number of allylic oxidation sites excluding steroid dienone is 2. The highest BCUT2D eigenvalue weighted by Crippen LogP contribution is 2.34. The summed E-state index contributed by atoms with van der Waals surface area (Å²) >= 11 is 0. The number of phenols is 1. The largest absolute Gasteiger partial charge is 0.507 e. The fraction of sp³-hybridized carbons (Fsp3) is 0.267. The number of phenolic OH excluding ortho intramolecular Hbond substituents is 1. The summed E-state index contributed by atoms with van der Waals surface area (Å²) in [4.78, 5) is 12.4. The molecule has 2 nitrogen and oxygen atoms in total. The van der Waals surface area contributed by atoms with Gasteiger partial charge in [0.15, 0.2) is 5.78 Å². The molecule has 0 spiro atoms. The molecule has 2 heteroatoms. The summed E-state index contributed by atoms with van der Waals surface area (Å²) in [6, 6.07) is 6.61. The number of rotatable bonds is 6. The summed E-state index contributed by atoms with van der Waals surface area (Å²) in [7, 11) is 0. The van der Waals surface area contributed by atoms with E-state index < -0.39 is 5.41 Å². The Morgan fingerprint density at radius 1 is 1.29 bits per heavy atom. The van der Waals surface area contributed by atoms with Gasteiger partial charge >= 0.3 is 0 Å². The van der Waals surface area contributed by atoms with E-state index in [-0.39, 0.29) is 11.5 Å². The Hall–Kier alpha value is -1.83. The number of carbonyl (C=O) groups excluding carboxylic acids is 1. The van der Waals surface area contributed by atoms with Crippen LogP contribution in [0, 0.1) is 5.41 Å². The van der Waals surface area contributed by atoms with Crippen molar-refractivity contribution < 1.29 is 9.90 Å². The lowest BCUT2D eigenvalue weighted by Crippen LogP contribution is -2.27. The number of benzene rings is 1. The van der Waals surface area contributed by atoms with E-state index in [0.717, 1.165) is 0 Å². The van der Waals surface area contributed by atoms with Gasteiger partial charge in [-0.05, 0) is 25.0 Å². The zero-order valence-corrected chi connectivity index (χ0v) is 10.1. The van der Waals surface area contributed by atoms with Crippen molar-refractivity contribution in [2.75, 3.05) is 0 Å². The maximum absolute atomic E-state index is 12.4. The third-order valence-electron chi connectivity index (χ3n) is 2.89. The van der Waals surface area contributed by atoms with Crippen LogP contribution in [-0.2, 0) is 0 Å². The molecule has 1 N–H and O–H groups in total. The van der Waals surface area contributed by atoms with Gasteiger partial charge < -0.3 is 5.11 Å². The minimum Gasteiger partial charge on any atom is -0.507 e. The Labute approximate surface area is 102 Å². The highest BCUT2D eigenvalue weighted by molar-refractivity contribution is 6.02. The molecule has 0 bridgehead atoms. The molecule has 90 valence electrons. The second kappa shape index (κ2) is 5.48. The van der Waals surface area contributed by atoms with Crippen LogP contribution < -0.4 is 0 Å². The van der Waals surface area contributed by atoms with Gasteiger partial charge in [-0.1, -0.05) is 31.2 Å². The zero-order valence-electron chi connectivity index (χ0n) is 10.1. The summed E-state index contributed by atoms with van der Waals surface area (Å²) in [5.41, 5.74) is -0.221. The summed E-state index contributed by atoms with van der Waals surface area (Å²) in [5, 5.41) is 9.71. The Kier molecular flexibility index (Phi) is 4.27. The van der Waals surface area contributed by atoms with Gasteiger partial charge in [-0.25, -0.2) is 0 Å². The summed E-state index contributed by atoms with van der Waals surface area (Å²) in [5.74, 6) is -0.0488. The number of ketones is 1. The second-order valence-corrected chi connectivity index (χ2v) is 4.39. The third kappa shape index (κ3) is 2.84. The molecule has 17 heavy (non-hydrogen) atoms. The van der Waals surface area contributed by atoms with E-state index in [2.05, 4.69) is 13.2 Å². The topological polar surface area (TPSA) is 37.3 Å². The van der Waals surface area contributed by atoms with E-state index in [9.17, 15) is 9.90 Å². The Bertz CT molecular complexity index is 422. The SMILES string of the molecule is C=CCC(C)(CC=C)C(=O)c1ccccc1O. The maximum atomic E-state index is 12.4. The molecule has 1 rings (SSSR count). The fourth-order valence-electron chi connectivity index (χ4n) is 1.90. The quantitative estimate of drug-likeness (QED) is 0.597. The molecule has 1 aromatic carbocycles. The zero-order chi connectivity index (χ0) is 12.9. The highest BCUT2D eigenvalue weighted by Gasteiger charge is 2.32. The Morgan fingerprint density at radius 2 is 1.82 bits per heavy atom. The van der Waals surface area contributed by atoms with Crippen LogP contribution in [0.3, 0.4) is 0 Å². The molecule has 0 unspecified atom stereocenters. The molecule has 0 heterocycles. The van der Waals surface area contributed by atoms with Gasteiger partial charge in [0, 0.05) is 5.41 Å². The van der Waals surface area contributed by atoms with E-state index >= 15 is 0 Å². The Morgan fingerprint density at radius 3 is 2.29 bits per heavy atom. The normalized spacial score (nSPS) is 10.9. The number of hydrogen-bond donors (Lipinski definition) is 1. The van der Waals surface area contributed by atoms with Gasteiger partial charge in [0.1, 0.15) is 5.75 Å². The average molecular weight is 230 g/mol. The molecule has 1 aromatic rings. The number of carbonyl (C=O) groups is 1. The monoisotopic (exact) mass is 230 g/mol. The second-order valence-electron chi connectivity index (χ2n) is 4.39. The lowest BCUT2D eigenvalue weighted by molar-refractivity contribution is 0.0818. The van der Waals surface area contributed by atoms with Crippen LogP contribution in [0.2, 0.25) is 0 Å². The van der Waals surface area contributed by atoms with Gasteiger partial charge in [0.2, 0.25) is 0 Å². The summed E-state index contributed by atoms with van der Waals surface area (Å²) in [6.45, 7) is 9.22. The number of hydrogen-bond acceptors (Lipinski definition) is 2. The molecule has 0 saturated carbocycles. The van der Waals surface area contributed by atoms with Crippen molar-refractivity contribution in [3.05, 3.63) is 55.1 Å². The third-order valence-corrected chi connectivity index (χ3v) is 2.89. The van der Waals surface area contributed by atoms with Crippen LogP contribution in [0.15, 0.2) is 49.6 Å². The lowest BCUT2D eigenvalue weighted by Gasteiger charge is -2.25. The van der Waals surface area contributed by atoms with Crippen molar-refractivity contribution in [1.82, 2.24) is 0 Å².